The van der Waals surface area contributed by atoms with Crippen molar-refractivity contribution in [2.45, 2.75) is 18.9 Å². The number of nitrogens with one attached hydrogen (secondary N) is 1. The minimum atomic E-state index is -0.154. The summed E-state index contributed by atoms with van der Waals surface area (Å²) >= 11 is 0. The van der Waals surface area contributed by atoms with Crippen molar-refractivity contribution in [3.05, 3.63) is 30.1 Å². The number of nitrogens with zero attached hydrogens (tertiary/aromatic N) is 1. The molecule has 0 aliphatic carbocycles. The molecule has 0 aliphatic rings. The minimum Gasteiger partial charge on any atom is -0.395 e. The first kappa shape index (κ1) is 10.1. The number of hydrogen-bond donors (Lipinski definition) is 3. The third-order valence-corrected chi connectivity index (χ3v) is 2.42. The Hall–Kier alpha value is -1.39. The van der Waals surface area contributed by atoms with E-state index in [1.54, 1.807) is 0 Å². The molecule has 4 N–H and O–H groups in total. The summed E-state index contributed by atoms with van der Waals surface area (Å²) in [7, 11) is 0. The number of fused-ring (bicyclic) bond motifs is 1. The van der Waals surface area contributed by atoms with Crippen LogP contribution in [0.4, 0.5) is 0 Å². The number of aromatic amines is 1. The number of H-pyrrole nitrogens is 1. The molecule has 0 radical (unpaired) electrons. The number of aliphatic hydroxyl groups excluding tert-OH is 1. The van der Waals surface area contributed by atoms with E-state index in [0.29, 0.717) is 0 Å². The van der Waals surface area contributed by atoms with E-state index in [0.717, 1.165) is 29.7 Å². The molecule has 0 aliphatic heterocycles. The molecule has 1 aromatic heterocycles. The standard InChI is InChI=1S/C11H15N3O/c12-8(7-15)5-6-11-13-9-3-1-2-4-10(9)14-11/h1-4,8,15H,5-7,12H2,(H,13,14). The van der Waals surface area contributed by atoms with E-state index in [9.17, 15) is 0 Å². The Morgan fingerprint density at radius 1 is 1.40 bits per heavy atom. The van der Waals surface area contributed by atoms with Gasteiger partial charge in [-0.25, -0.2) is 4.98 Å². The topological polar surface area (TPSA) is 74.9 Å². The molecule has 0 fully saturated rings. The normalized spacial score (nSPS) is 13.2. The van der Waals surface area contributed by atoms with Gasteiger partial charge < -0.3 is 15.8 Å². The van der Waals surface area contributed by atoms with Gasteiger partial charge in [0.25, 0.3) is 0 Å². The van der Waals surface area contributed by atoms with Crippen LogP contribution < -0.4 is 5.73 Å². The number of rotatable bonds is 4. The molecule has 0 spiro atoms. The third kappa shape index (κ3) is 2.34. The number of nitrogens with two attached hydrogens (primary N) is 1. The second-order valence-corrected chi connectivity index (χ2v) is 3.68. The highest BCUT2D eigenvalue weighted by atomic mass is 16.3. The molecular formula is C11H15N3O. The van der Waals surface area contributed by atoms with Crippen molar-refractivity contribution in [2.75, 3.05) is 6.61 Å². The summed E-state index contributed by atoms with van der Waals surface area (Å²) in [6.07, 6.45) is 1.52. The fourth-order valence-corrected chi connectivity index (χ4v) is 1.54. The second kappa shape index (κ2) is 4.42. The molecule has 2 aromatic rings. The van der Waals surface area contributed by atoms with Crippen LogP contribution in [-0.2, 0) is 6.42 Å². The van der Waals surface area contributed by atoms with Crippen LogP contribution in [0.25, 0.3) is 11.0 Å². The molecule has 1 unspecified atom stereocenters. The molecule has 0 amide bonds. The highest BCUT2D eigenvalue weighted by Gasteiger charge is 2.04. The maximum atomic E-state index is 8.80. The summed E-state index contributed by atoms with van der Waals surface area (Å²) in [6.45, 7) is 0.0280. The minimum absolute atomic E-state index is 0.0280. The van der Waals surface area contributed by atoms with Gasteiger partial charge in [0.05, 0.1) is 17.6 Å². The average Bonchev–Trinajstić information content (AvgIpc) is 2.68. The molecule has 4 nitrogen and oxygen atoms in total. The van der Waals surface area contributed by atoms with E-state index < -0.39 is 0 Å². The predicted molar refractivity (Wildman–Crippen MR) is 59.5 cm³/mol. The molecule has 15 heavy (non-hydrogen) atoms. The summed E-state index contributed by atoms with van der Waals surface area (Å²) in [5, 5.41) is 8.80. The highest BCUT2D eigenvalue weighted by Crippen LogP contribution is 2.11. The highest BCUT2D eigenvalue weighted by molar-refractivity contribution is 5.74. The Morgan fingerprint density at radius 3 is 2.93 bits per heavy atom. The smallest absolute Gasteiger partial charge is 0.107 e. The monoisotopic (exact) mass is 205 g/mol. The summed E-state index contributed by atoms with van der Waals surface area (Å²) in [4.78, 5) is 7.65. The van der Waals surface area contributed by atoms with Gasteiger partial charge in [-0.3, -0.25) is 0 Å². The fraction of sp³-hybridized carbons (Fsp3) is 0.364. The molecule has 2 rings (SSSR count). The van der Waals surface area contributed by atoms with Crippen molar-refractivity contribution in [3.63, 3.8) is 0 Å². The molecule has 1 atom stereocenters. The van der Waals surface area contributed by atoms with Gasteiger partial charge in [0.2, 0.25) is 0 Å². The number of aromatic nitrogens is 2. The lowest BCUT2D eigenvalue weighted by Crippen LogP contribution is -2.24. The lowest BCUT2D eigenvalue weighted by atomic mass is 10.2. The van der Waals surface area contributed by atoms with Crippen molar-refractivity contribution < 1.29 is 5.11 Å². The van der Waals surface area contributed by atoms with E-state index in [1.807, 2.05) is 24.3 Å². The van der Waals surface area contributed by atoms with Crippen molar-refractivity contribution in [1.82, 2.24) is 9.97 Å². The zero-order valence-corrected chi connectivity index (χ0v) is 8.48. The molecule has 0 saturated heterocycles. The number of para-hydroxylation sites is 2. The van der Waals surface area contributed by atoms with E-state index in [2.05, 4.69) is 9.97 Å². The molecule has 0 bridgehead atoms. The molecule has 0 saturated carbocycles. The van der Waals surface area contributed by atoms with Gasteiger partial charge in [-0.15, -0.1) is 0 Å². The van der Waals surface area contributed by atoms with Crippen LogP contribution in [0, 0.1) is 0 Å². The Bertz CT molecular complexity index is 405. The van der Waals surface area contributed by atoms with E-state index in [-0.39, 0.29) is 12.6 Å². The van der Waals surface area contributed by atoms with Crippen molar-refractivity contribution >= 4 is 11.0 Å². The number of hydrogen-bond acceptors (Lipinski definition) is 3. The average molecular weight is 205 g/mol. The van der Waals surface area contributed by atoms with Gasteiger partial charge in [-0.2, -0.15) is 0 Å². The second-order valence-electron chi connectivity index (χ2n) is 3.68. The first-order chi connectivity index (χ1) is 7.29. The lowest BCUT2D eigenvalue weighted by molar-refractivity contribution is 0.260. The van der Waals surface area contributed by atoms with E-state index >= 15 is 0 Å². The van der Waals surface area contributed by atoms with Crippen LogP contribution >= 0.6 is 0 Å². The van der Waals surface area contributed by atoms with Crippen molar-refractivity contribution in [3.8, 4) is 0 Å². The van der Waals surface area contributed by atoms with Gasteiger partial charge in [-0.1, -0.05) is 12.1 Å². The van der Waals surface area contributed by atoms with Crippen LogP contribution in [-0.4, -0.2) is 27.7 Å². The van der Waals surface area contributed by atoms with Crippen LogP contribution in [0.15, 0.2) is 24.3 Å². The molecule has 80 valence electrons. The lowest BCUT2D eigenvalue weighted by Gasteiger charge is -2.04. The van der Waals surface area contributed by atoms with Gasteiger partial charge in [0, 0.05) is 12.5 Å². The molecular weight excluding hydrogens is 190 g/mol. The van der Waals surface area contributed by atoms with Crippen LogP contribution in [0.5, 0.6) is 0 Å². The van der Waals surface area contributed by atoms with Gasteiger partial charge in [-0.05, 0) is 18.6 Å². The van der Waals surface area contributed by atoms with E-state index in [4.69, 9.17) is 10.8 Å². The number of imidazole rings is 1. The fourth-order valence-electron chi connectivity index (χ4n) is 1.54. The number of benzene rings is 1. The van der Waals surface area contributed by atoms with Crippen molar-refractivity contribution in [2.24, 2.45) is 5.73 Å². The number of aliphatic hydroxyl groups is 1. The molecule has 4 heteroatoms. The first-order valence-electron chi connectivity index (χ1n) is 5.09. The van der Waals surface area contributed by atoms with Gasteiger partial charge in [0.1, 0.15) is 5.82 Å². The largest absolute Gasteiger partial charge is 0.395 e. The zero-order valence-electron chi connectivity index (χ0n) is 8.48. The molecule has 1 aromatic carbocycles. The van der Waals surface area contributed by atoms with Crippen LogP contribution in [0.2, 0.25) is 0 Å². The Morgan fingerprint density at radius 2 is 2.20 bits per heavy atom. The van der Waals surface area contributed by atoms with Gasteiger partial charge in [0.15, 0.2) is 0 Å². The molecule has 1 heterocycles. The summed E-state index contributed by atoms with van der Waals surface area (Å²) < 4.78 is 0. The first-order valence-corrected chi connectivity index (χ1v) is 5.09. The predicted octanol–water partition coefficient (Wildman–Crippen LogP) is 0.815. The number of aryl methyl sites for hydroxylation is 1. The van der Waals surface area contributed by atoms with Crippen LogP contribution in [0.1, 0.15) is 12.2 Å². The summed E-state index contributed by atoms with van der Waals surface area (Å²) in [6, 6.07) is 7.76. The Labute approximate surface area is 88.1 Å². The maximum absolute atomic E-state index is 8.80. The quantitative estimate of drug-likeness (QED) is 0.691. The Balaban J connectivity index is 2.09. The summed E-state index contributed by atoms with van der Waals surface area (Å²) in [5.74, 6) is 0.931. The maximum Gasteiger partial charge on any atom is 0.107 e. The third-order valence-electron chi connectivity index (χ3n) is 2.42. The zero-order chi connectivity index (χ0) is 10.7. The van der Waals surface area contributed by atoms with Crippen LogP contribution in [0.3, 0.4) is 0 Å². The van der Waals surface area contributed by atoms with Crippen molar-refractivity contribution in [1.29, 1.82) is 0 Å². The summed E-state index contributed by atoms with van der Waals surface area (Å²) in [5.41, 5.74) is 7.65. The Kier molecular flexibility index (Phi) is 2.99. The SMILES string of the molecule is NC(CO)CCc1nc2ccccc2[nH]1. The van der Waals surface area contributed by atoms with E-state index in [1.165, 1.54) is 0 Å². The van der Waals surface area contributed by atoms with Gasteiger partial charge >= 0.3 is 0 Å².